The molecule has 0 aliphatic rings. The van der Waals surface area contributed by atoms with Gasteiger partial charge in [0, 0.05) is 18.0 Å². The van der Waals surface area contributed by atoms with E-state index in [4.69, 9.17) is 11.6 Å². The van der Waals surface area contributed by atoms with E-state index in [0.29, 0.717) is 16.6 Å². The number of nitrogens with zero attached hydrogens (tertiary/aromatic N) is 6. The van der Waals surface area contributed by atoms with Crippen LogP contribution < -0.4 is 0 Å². The molecular formula is C13H7ClN6. The van der Waals surface area contributed by atoms with Crippen molar-refractivity contribution in [2.24, 2.45) is 0 Å². The number of rotatable bonds is 1. The zero-order valence-electron chi connectivity index (χ0n) is 10.1. The summed E-state index contributed by atoms with van der Waals surface area (Å²) in [7, 11) is 0. The number of benzene rings is 1. The second kappa shape index (κ2) is 4.21. The van der Waals surface area contributed by atoms with Crippen LogP contribution in [0.4, 0.5) is 0 Å². The summed E-state index contributed by atoms with van der Waals surface area (Å²) in [5.41, 5.74) is 3.11. The summed E-state index contributed by atoms with van der Waals surface area (Å²) < 4.78 is 1.74. The van der Waals surface area contributed by atoms with Gasteiger partial charge in [-0.2, -0.15) is 0 Å². The number of halogens is 1. The minimum Gasteiger partial charge on any atom is -0.262 e. The van der Waals surface area contributed by atoms with Gasteiger partial charge in [0.1, 0.15) is 5.15 Å². The van der Waals surface area contributed by atoms with Crippen molar-refractivity contribution in [3.8, 4) is 11.4 Å². The highest BCUT2D eigenvalue weighted by Crippen LogP contribution is 2.23. The summed E-state index contributed by atoms with van der Waals surface area (Å²) in [6.07, 6.45) is 6.49. The molecular weight excluding hydrogens is 276 g/mol. The van der Waals surface area contributed by atoms with Crippen molar-refractivity contribution < 1.29 is 0 Å². The molecule has 0 atom stereocenters. The molecule has 3 heterocycles. The quantitative estimate of drug-likeness (QED) is 0.536. The van der Waals surface area contributed by atoms with Crippen LogP contribution in [-0.2, 0) is 0 Å². The van der Waals surface area contributed by atoms with Crippen molar-refractivity contribution in [3.05, 3.63) is 48.1 Å². The first-order valence-electron chi connectivity index (χ1n) is 5.89. The van der Waals surface area contributed by atoms with E-state index in [2.05, 4.69) is 25.1 Å². The lowest BCUT2D eigenvalue weighted by atomic mass is 10.2. The molecule has 0 unspecified atom stereocenters. The Balaban J connectivity index is 2.01. The van der Waals surface area contributed by atoms with E-state index in [-0.39, 0.29) is 0 Å². The van der Waals surface area contributed by atoms with Crippen LogP contribution in [0.3, 0.4) is 0 Å². The van der Waals surface area contributed by atoms with E-state index in [1.54, 1.807) is 29.2 Å². The van der Waals surface area contributed by atoms with Crippen LogP contribution in [0.1, 0.15) is 0 Å². The van der Waals surface area contributed by atoms with Gasteiger partial charge in [0.25, 0.3) is 0 Å². The lowest BCUT2D eigenvalue weighted by Gasteiger charge is -2.03. The summed E-state index contributed by atoms with van der Waals surface area (Å²) >= 11 is 6.16. The molecule has 0 aliphatic carbocycles. The maximum Gasteiger partial charge on any atom is 0.180 e. The van der Waals surface area contributed by atoms with E-state index in [9.17, 15) is 0 Å². The van der Waals surface area contributed by atoms with Crippen molar-refractivity contribution in [1.29, 1.82) is 0 Å². The fraction of sp³-hybridized carbons (Fsp3) is 0. The van der Waals surface area contributed by atoms with Crippen molar-refractivity contribution in [2.45, 2.75) is 0 Å². The lowest BCUT2D eigenvalue weighted by Crippen LogP contribution is -1.93. The Labute approximate surface area is 118 Å². The zero-order chi connectivity index (χ0) is 13.5. The Bertz CT molecular complexity index is 932. The van der Waals surface area contributed by atoms with Gasteiger partial charge in [0.2, 0.25) is 0 Å². The minimum atomic E-state index is 0.460. The molecule has 0 fully saturated rings. The monoisotopic (exact) mass is 282 g/mol. The predicted octanol–water partition coefficient (Wildman–Crippen LogP) is 2.39. The van der Waals surface area contributed by atoms with Crippen LogP contribution in [0.5, 0.6) is 0 Å². The third-order valence-corrected chi connectivity index (χ3v) is 3.27. The molecule has 0 aliphatic heterocycles. The fourth-order valence-electron chi connectivity index (χ4n) is 2.10. The van der Waals surface area contributed by atoms with Crippen LogP contribution >= 0.6 is 11.6 Å². The Hall–Kier alpha value is -2.60. The summed E-state index contributed by atoms with van der Waals surface area (Å²) in [4.78, 5) is 12.5. The van der Waals surface area contributed by atoms with Crippen LogP contribution in [0.25, 0.3) is 28.1 Å². The molecule has 0 spiro atoms. The molecule has 0 bridgehead atoms. The highest BCUT2D eigenvalue weighted by molar-refractivity contribution is 6.29. The first-order valence-corrected chi connectivity index (χ1v) is 6.26. The molecule has 4 rings (SSSR count). The number of aromatic nitrogens is 6. The topological polar surface area (TPSA) is 68.9 Å². The predicted molar refractivity (Wildman–Crippen MR) is 74.3 cm³/mol. The van der Waals surface area contributed by atoms with E-state index >= 15 is 0 Å². The van der Waals surface area contributed by atoms with Crippen LogP contribution in [0, 0.1) is 0 Å². The van der Waals surface area contributed by atoms with E-state index < -0.39 is 0 Å². The average Bonchev–Trinajstić information content (AvgIpc) is 2.92. The van der Waals surface area contributed by atoms with Gasteiger partial charge in [-0.15, -0.1) is 10.2 Å². The van der Waals surface area contributed by atoms with E-state index in [0.717, 1.165) is 16.6 Å². The largest absolute Gasteiger partial charge is 0.262 e. The van der Waals surface area contributed by atoms with Crippen LogP contribution in [0.2, 0.25) is 5.15 Å². The minimum absolute atomic E-state index is 0.460. The van der Waals surface area contributed by atoms with Crippen molar-refractivity contribution >= 4 is 28.3 Å². The molecule has 20 heavy (non-hydrogen) atoms. The Kier molecular flexibility index (Phi) is 2.37. The third-order valence-electron chi connectivity index (χ3n) is 3.00. The van der Waals surface area contributed by atoms with Gasteiger partial charge in [-0.3, -0.25) is 19.4 Å². The van der Waals surface area contributed by atoms with Crippen molar-refractivity contribution in [2.75, 3.05) is 0 Å². The molecule has 0 radical (unpaired) electrons. The lowest BCUT2D eigenvalue weighted by molar-refractivity contribution is 1.11. The van der Waals surface area contributed by atoms with Gasteiger partial charge in [-0.25, -0.2) is 0 Å². The molecule has 7 heteroatoms. The van der Waals surface area contributed by atoms with Gasteiger partial charge >= 0.3 is 0 Å². The van der Waals surface area contributed by atoms with Gasteiger partial charge in [-0.05, 0) is 18.2 Å². The van der Waals surface area contributed by atoms with Gasteiger partial charge in [-0.1, -0.05) is 11.6 Å². The van der Waals surface area contributed by atoms with Gasteiger partial charge in [0.15, 0.2) is 11.5 Å². The smallest absolute Gasteiger partial charge is 0.180 e. The van der Waals surface area contributed by atoms with Crippen LogP contribution in [-0.4, -0.2) is 29.5 Å². The van der Waals surface area contributed by atoms with E-state index in [1.807, 2.05) is 18.2 Å². The van der Waals surface area contributed by atoms with Gasteiger partial charge < -0.3 is 0 Å². The van der Waals surface area contributed by atoms with Gasteiger partial charge in [0.05, 0.1) is 23.4 Å². The second-order valence-corrected chi connectivity index (χ2v) is 4.59. The number of hydrogen-bond acceptors (Lipinski definition) is 5. The average molecular weight is 283 g/mol. The fourth-order valence-corrected chi connectivity index (χ4v) is 2.33. The molecule has 0 saturated carbocycles. The summed E-state index contributed by atoms with van der Waals surface area (Å²) in [5.74, 6) is 0.653. The SMILES string of the molecule is Clc1cncc2nnc(-c3ccc4nccnc4c3)n12. The molecule has 3 aromatic heterocycles. The normalized spacial score (nSPS) is 11.2. The molecule has 1 aromatic carbocycles. The van der Waals surface area contributed by atoms with Crippen LogP contribution in [0.15, 0.2) is 43.0 Å². The summed E-state index contributed by atoms with van der Waals surface area (Å²) in [5, 5.41) is 8.70. The number of hydrogen-bond donors (Lipinski definition) is 0. The molecule has 0 N–H and O–H groups in total. The number of fused-ring (bicyclic) bond motifs is 2. The first-order chi connectivity index (χ1) is 9.83. The summed E-state index contributed by atoms with van der Waals surface area (Å²) in [6, 6.07) is 5.73. The molecule has 96 valence electrons. The summed E-state index contributed by atoms with van der Waals surface area (Å²) in [6.45, 7) is 0. The Morgan fingerprint density at radius 3 is 2.70 bits per heavy atom. The van der Waals surface area contributed by atoms with Crippen molar-refractivity contribution in [1.82, 2.24) is 29.5 Å². The van der Waals surface area contributed by atoms with Crippen molar-refractivity contribution in [3.63, 3.8) is 0 Å². The Morgan fingerprint density at radius 2 is 1.80 bits per heavy atom. The molecule has 0 saturated heterocycles. The second-order valence-electron chi connectivity index (χ2n) is 4.21. The Morgan fingerprint density at radius 1 is 0.950 bits per heavy atom. The zero-order valence-corrected chi connectivity index (χ0v) is 10.9. The standard InChI is InChI=1S/C13H7ClN6/c14-11-6-15-7-12-18-19-13(20(11)12)8-1-2-9-10(5-8)17-4-3-16-9/h1-7H. The molecule has 4 aromatic rings. The maximum atomic E-state index is 6.16. The first kappa shape index (κ1) is 11.2. The highest BCUT2D eigenvalue weighted by Gasteiger charge is 2.11. The maximum absolute atomic E-state index is 6.16. The molecule has 6 nitrogen and oxygen atoms in total. The molecule has 0 amide bonds. The highest BCUT2D eigenvalue weighted by atomic mass is 35.5. The third kappa shape index (κ3) is 1.62. The van der Waals surface area contributed by atoms with E-state index in [1.165, 1.54) is 0 Å².